The Hall–Kier alpha value is -1.13. The molecule has 0 amide bonds. The van der Waals surface area contributed by atoms with Gasteiger partial charge in [-0.2, -0.15) is 0 Å². The monoisotopic (exact) mass is 347 g/mol. The molecule has 1 saturated carbocycles. The fourth-order valence-corrected chi connectivity index (χ4v) is 3.83. The Morgan fingerprint density at radius 3 is 2.71 bits per heavy atom. The normalized spacial score (nSPS) is 17.8. The molecular weight excluding hydrogens is 326 g/mol. The van der Waals surface area contributed by atoms with Gasteiger partial charge in [-0.15, -0.1) is 0 Å². The lowest BCUT2D eigenvalue weighted by Crippen LogP contribution is -2.39. The second-order valence-electron chi connectivity index (χ2n) is 6.11. The van der Waals surface area contributed by atoms with Crippen LogP contribution in [-0.2, 0) is 0 Å². The highest BCUT2D eigenvalue weighted by molar-refractivity contribution is 9.10. The van der Waals surface area contributed by atoms with Gasteiger partial charge in [0.25, 0.3) is 0 Å². The number of anilines is 1. The second kappa shape index (κ2) is 6.32. The molecule has 1 aliphatic rings. The number of nitrogens with one attached hydrogen (secondary N) is 1. The van der Waals surface area contributed by atoms with Gasteiger partial charge in [0.15, 0.2) is 0 Å². The minimum Gasteiger partial charge on any atom is -0.369 e. The first kappa shape index (κ1) is 14.8. The number of nitrogens with two attached hydrogens (primary N) is 1. The molecule has 0 unspecified atom stereocenters. The minimum atomic E-state index is 0.244. The topological polar surface area (TPSA) is 50.9 Å². The number of nitrogens with zero attached hydrogens (tertiary/aromatic N) is 1. The van der Waals surface area contributed by atoms with Crippen LogP contribution in [0.1, 0.15) is 32.1 Å². The van der Waals surface area contributed by atoms with Gasteiger partial charge in [-0.05, 0) is 36.9 Å². The lowest BCUT2D eigenvalue weighted by molar-refractivity contribution is 0.215. The van der Waals surface area contributed by atoms with E-state index in [-0.39, 0.29) is 5.41 Å². The van der Waals surface area contributed by atoms with Crippen molar-refractivity contribution in [1.29, 1.82) is 0 Å². The fourth-order valence-electron chi connectivity index (χ4n) is 3.34. The summed E-state index contributed by atoms with van der Waals surface area (Å²) < 4.78 is 1.11. The van der Waals surface area contributed by atoms with E-state index in [1.807, 2.05) is 12.3 Å². The lowest BCUT2D eigenvalue weighted by atomic mass is 9.74. The molecule has 1 aliphatic carbocycles. The number of fused-ring (bicyclic) bond motifs is 1. The lowest BCUT2D eigenvalue weighted by Gasteiger charge is -2.36. The van der Waals surface area contributed by atoms with Crippen LogP contribution in [0.3, 0.4) is 0 Å². The summed E-state index contributed by atoms with van der Waals surface area (Å²) in [6.07, 6.45) is 8.27. The standard InChI is InChI=1S/C17H22BrN3/c18-15-6-4-5-14-13(15)7-10-20-16(14)21-12-17(11-19)8-2-1-3-9-17/h4-7,10H,1-3,8-9,11-12,19H2,(H,20,21). The van der Waals surface area contributed by atoms with Crippen LogP contribution in [0, 0.1) is 5.41 Å². The van der Waals surface area contributed by atoms with Crippen molar-refractivity contribution in [2.75, 3.05) is 18.4 Å². The SMILES string of the molecule is NCC1(CNc2nccc3c(Br)cccc23)CCCCC1. The van der Waals surface area contributed by atoms with Gasteiger partial charge < -0.3 is 11.1 Å². The Bertz CT molecular complexity index is 620. The Balaban J connectivity index is 1.83. The first-order valence-electron chi connectivity index (χ1n) is 7.71. The van der Waals surface area contributed by atoms with E-state index in [4.69, 9.17) is 5.73 Å². The highest BCUT2D eigenvalue weighted by atomic mass is 79.9. The molecule has 1 aromatic carbocycles. The molecule has 112 valence electrons. The van der Waals surface area contributed by atoms with Crippen molar-refractivity contribution in [3.8, 4) is 0 Å². The zero-order valence-electron chi connectivity index (χ0n) is 12.2. The molecule has 3 nitrogen and oxygen atoms in total. The molecule has 21 heavy (non-hydrogen) atoms. The van der Waals surface area contributed by atoms with Gasteiger partial charge in [0, 0.05) is 28.0 Å². The summed E-state index contributed by atoms with van der Waals surface area (Å²) in [5.41, 5.74) is 6.32. The third kappa shape index (κ3) is 3.06. The molecule has 1 fully saturated rings. The number of halogens is 1. The van der Waals surface area contributed by atoms with Crippen LogP contribution in [-0.4, -0.2) is 18.1 Å². The zero-order chi connectivity index (χ0) is 14.7. The number of pyridine rings is 1. The van der Waals surface area contributed by atoms with Crippen molar-refractivity contribution in [2.24, 2.45) is 11.1 Å². The average molecular weight is 348 g/mol. The number of benzene rings is 1. The third-order valence-corrected chi connectivity index (χ3v) is 5.42. The highest BCUT2D eigenvalue weighted by Gasteiger charge is 2.30. The maximum Gasteiger partial charge on any atom is 0.133 e. The molecule has 0 spiro atoms. The van der Waals surface area contributed by atoms with Crippen LogP contribution in [0.25, 0.3) is 10.8 Å². The van der Waals surface area contributed by atoms with E-state index in [1.54, 1.807) is 0 Å². The van der Waals surface area contributed by atoms with Crippen LogP contribution >= 0.6 is 15.9 Å². The second-order valence-corrected chi connectivity index (χ2v) is 6.97. The van der Waals surface area contributed by atoms with Crippen LogP contribution in [0.2, 0.25) is 0 Å². The summed E-state index contributed by atoms with van der Waals surface area (Å²) in [5, 5.41) is 5.92. The van der Waals surface area contributed by atoms with Crippen molar-refractivity contribution in [2.45, 2.75) is 32.1 Å². The first-order chi connectivity index (χ1) is 10.2. The number of hydrogen-bond donors (Lipinski definition) is 2. The molecule has 0 saturated heterocycles. The van der Waals surface area contributed by atoms with Crippen molar-refractivity contribution in [3.63, 3.8) is 0 Å². The van der Waals surface area contributed by atoms with E-state index < -0.39 is 0 Å². The van der Waals surface area contributed by atoms with Crippen LogP contribution in [0.15, 0.2) is 34.9 Å². The quantitative estimate of drug-likeness (QED) is 0.865. The first-order valence-corrected chi connectivity index (χ1v) is 8.51. The van der Waals surface area contributed by atoms with Gasteiger partial charge >= 0.3 is 0 Å². The van der Waals surface area contributed by atoms with Crippen molar-refractivity contribution < 1.29 is 0 Å². The van der Waals surface area contributed by atoms with Gasteiger partial charge in [0.1, 0.15) is 5.82 Å². The van der Waals surface area contributed by atoms with Crippen molar-refractivity contribution >= 4 is 32.5 Å². The Morgan fingerprint density at radius 2 is 1.95 bits per heavy atom. The van der Waals surface area contributed by atoms with Gasteiger partial charge in [-0.25, -0.2) is 4.98 Å². The number of hydrogen-bond acceptors (Lipinski definition) is 3. The minimum absolute atomic E-state index is 0.244. The van der Waals surface area contributed by atoms with Crippen molar-refractivity contribution in [3.05, 3.63) is 34.9 Å². The molecular formula is C17H22BrN3. The molecule has 3 rings (SSSR count). The fraction of sp³-hybridized carbons (Fsp3) is 0.471. The predicted molar refractivity (Wildman–Crippen MR) is 92.5 cm³/mol. The summed E-state index contributed by atoms with van der Waals surface area (Å²) in [6, 6.07) is 8.28. The summed E-state index contributed by atoms with van der Waals surface area (Å²) in [5.74, 6) is 0.965. The molecule has 1 aromatic heterocycles. The smallest absolute Gasteiger partial charge is 0.133 e. The highest BCUT2D eigenvalue weighted by Crippen LogP contribution is 2.36. The molecule has 0 radical (unpaired) electrons. The Kier molecular flexibility index (Phi) is 4.45. The van der Waals surface area contributed by atoms with Gasteiger partial charge in [0.05, 0.1) is 0 Å². The van der Waals surface area contributed by atoms with E-state index >= 15 is 0 Å². The Morgan fingerprint density at radius 1 is 1.14 bits per heavy atom. The molecule has 2 aromatic rings. The Labute approximate surface area is 134 Å². The maximum absolute atomic E-state index is 6.07. The average Bonchev–Trinajstić information content (AvgIpc) is 2.54. The zero-order valence-corrected chi connectivity index (χ0v) is 13.8. The third-order valence-electron chi connectivity index (χ3n) is 4.73. The van der Waals surface area contributed by atoms with Crippen LogP contribution in [0.5, 0.6) is 0 Å². The van der Waals surface area contributed by atoms with E-state index in [0.717, 1.165) is 28.8 Å². The summed E-state index contributed by atoms with van der Waals surface area (Å²) in [4.78, 5) is 4.53. The van der Waals surface area contributed by atoms with Crippen LogP contribution in [0.4, 0.5) is 5.82 Å². The van der Waals surface area contributed by atoms with E-state index in [2.05, 4.69) is 44.4 Å². The molecule has 0 atom stereocenters. The number of rotatable bonds is 4. The van der Waals surface area contributed by atoms with E-state index in [1.165, 1.54) is 37.5 Å². The summed E-state index contributed by atoms with van der Waals surface area (Å²) >= 11 is 3.61. The molecule has 0 aliphatic heterocycles. The molecule has 0 bridgehead atoms. The summed E-state index contributed by atoms with van der Waals surface area (Å²) in [7, 11) is 0. The predicted octanol–water partition coefficient (Wildman–Crippen LogP) is 4.32. The van der Waals surface area contributed by atoms with E-state index in [9.17, 15) is 0 Å². The maximum atomic E-state index is 6.07. The van der Waals surface area contributed by atoms with E-state index in [0.29, 0.717) is 0 Å². The number of aromatic nitrogens is 1. The van der Waals surface area contributed by atoms with Gasteiger partial charge in [-0.1, -0.05) is 47.3 Å². The van der Waals surface area contributed by atoms with Gasteiger partial charge in [0.2, 0.25) is 0 Å². The van der Waals surface area contributed by atoms with Gasteiger partial charge in [-0.3, -0.25) is 0 Å². The van der Waals surface area contributed by atoms with Crippen LogP contribution < -0.4 is 11.1 Å². The van der Waals surface area contributed by atoms with Crippen molar-refractivity contribution in [1.82, 2.24) is 4.98 Å². The summed E-state index contributed by atoms with van der Waals surface area (Å²) in [6.45, 7) is 1.68. The molecule has 1 heterocycles. The largest absolute Gasteiger partial charge is 0.369 e. The molecule has 4 heteroatoms. The molecule has 3 N–H and O–H groups in total.